The first-order valence-electron chi connectivity index (χ1n) is 6.41. The fraction of sp³-hybridized carbons (Fsp3) is 0.214. The Balaban J connectivity index is 2.16. The van der Waals surface area contributed by atoms with Gasteiger partial charge >= 0.3 is 5.97 Å². The van der Waals surface area contributed by atoms with E-state index in [-0.39, 0.29) is 28.7 Å². The van der Waals surface area contributed by atoms with Crippen molar-refractivity contribution in [3.63, 3.8) is 0 Å². The van der Waals surface area contributed by atoms with Crippen molar-refractivity contribution in [3.05, 3.63) is 41.9 Å². The lowest BCUT2D eigenvalue weighted by Crippen LogP contribution is -2.23. The second kappa shape index (κ2) is 6.71. The molecule has 124 valence electrons. The molecule has 23 heavy (non-hydrogen) atoms. The first-order valence-corrected chi connectivity index (χ1v) is 7.89. The number of benzene rings is 1. The molecule has 0 radical (unpaired) electrons. The van der Waals surface area contributed by atoms with Crippen LogP contribution in [0.3, 0.4) is 0 Å². The molecule has 1 aromatic heterocycles. The molecule has 0 saturated heterocycles. The third-order valence-corrected chi connectivity index (χ3v) is 4.37. The third-order valence-electron chi connectivity index (χ3n) is 2.97. The number of sulfonamides is 1. The number of methoxy groups -OCH3 is 2. The summed E-state index contributed by atoms with van der Waals surface area (Å²) in [4.78, 5) is 10.7. The summed E-state index contributed by atoms with van der Waals surface area (Å²) in [6, 6.07) is 6.81. The van der Waals surface area contributed by atoms with Gasteiger partial charge in [-0.05, 0) is 24.3 Å². The molecule has 0 aliphatic rings. The van der Waals surface area contributed by atoms with Crippen molar-refractivity contribution in [2.45, 2.75) is 11.4 Å². The molecule has 0 saturated carbocycles. The topological polar surface area (TPSA) is 115 Å². The zero-order valence-electron chi connectivity index (χ0n) is 12.4. The number of rotatable bonds is 7. The van der Waals surface area contributed by atoms with Crippen molar-refractivity contribution in [2.75, 3.05) is 14.2 Å². The fourth-order valence-corrected chi connectivity index (χ4v) is 2.83. The third kappa shape index (κ3) is 3.82. The van der Waals surface area contributed by atoms with Crippen molar-refractivity contribution in [2.24, 2.45) is 0 Å². The van der Waals surface area contributed by atoms with Gasteiger partial charge in [-0.3, -0.25) is 0 Å². The van der Waals surface area contributed by atoms with Gasteiger partial charge in [-0.1, -0.05) is 0 Å². The first kappa shape index (κ1) is 16.8. The minimum Gasteiger partial charge on any atom is -0.493 e. The second-order valence-corrected chi connectivity index (χ2v) is 6.18. The Morgan fingerprint density at radius 2 is 1.87 bits per heavy atom. The van der Waals surface area contributed by atoms with Gasteiger partial charge in [-0.2, -0.15) is 0 Å². The standard InChI is InChI=1S/C14H15NO7S/c1-20-11-6-4-10(7-13(11)21-2)23(18,19)15-8-9-3-5-12(22-9)14(16)17/h3-7,15H,8H2,1-2H3,(H,16,17). The van der Waals surface area contributed by atoms with Gasteiger partial charge in [0.1, 0.15) is 5.76 Å². The SMILES string of the molecule is COc1ccc(S(=O)(=O)NCc2ccc(C(=O)O)o2)cc1OC. The van der Waals surface area contributed by atoms with Crippen LogP contribution in [-0.2, 0) is 16.6 Å². The highest BCUT2D eigenvalue weighted by atomic mass is 32.2. The maximum absolute atomic E-state index is 12.2. The molecule has 0 unspecified atom stereocenters. The number of ether oxygens (including phenoxy) is 2. The molecule has 9 heteroatoms. The Morgan fingerprint density at radius 3 is 2.43 bits per heavy atom. The average Bonchev–Trinajstić information content (AvgIpc) is 3.01. The van der Waals surface area contributed by atoms with Crippen molar-refractivity contribution >= 4 is 16.0 Å². The molecule has 2 N–H and O–H groups in total. The summed E-state index contributed by atoms with van der Waals surface area (Å²) in [7, 11) is -0.974. The van der Waals surface area contributed by atoms with E-state index in [4.69, 9.17) is 19.0 Å². The van der Waals surface area contributed by atoms with Crippen LogP contribution < -0.4 is 14.2 Å². The summed E-state index contributed by atoms with van der Waals surface area (Å²) < 4.78 is 41.9. The minimum absolute atomic E-state index is 0.0137. The summed E-state index contributed by atoms with van der Waals surface area (Å²) in [5.74, 6) is -0.610. The Kier molecular flexibility index (Phi) is 4.92. The van der Waals surface area contributed by atoms with E-state index in [0.29, 0.717) is 5.75 Å². The van der Waals surface area contributed by atoms with Crippen LogP contribution in [0.5, 0.6) is 11.5 Å². The van der Waals surface area contributed by atoms with E-state index in [1.165, 1.54) is 44.6 Å². The summed E-state index contributed by atoms with van der Waals surface area (Å²) in [5.41, 5.74) is 0. The molecule has 0 amide bonds. The van der Waals surface area contributed by atoms with Gasteiger partial charge in [0.15, 0.2) is 11.5 Å². The van der Waals surface area contributed by atoms with E-state index in [2.05, 4.69) is 4.72 Å². The summed E-state index contributed by atoms with van der Waals surface area (Å²) in [6.07, 6.45) is 0. The lowest BCUT2D eigenvalue weighted by atomic mass is 10.3. The van der Waals surface area contributed by atoms with Crippen LogP contribution >= 0.6 is 0 Å². The van der Waals surface area contributed by atoms with E-state index >= 15 is 0 Å². The van der Waals surface area contributed by atoms with E-state index in [9.17, 15) is 13.2 Å². The summed E-state index contributed by atoms with van der Waals surface area (Å²) >= 11 is 0. The van der Waals surface area contributed by atoms with Crippen molar-refractivity contribution < 1.29 is 32.2 Å². The molecule has 0 aliphatic carbocycles. The Labute approximate surface area is 132 Å². The van der Waals surface area contributed by atoms with Crippen LogP contribution in [0, 0.1) is 0 Å². The average molecular weight is 341 g/mol. The van der Waals surface area contributed by atoms with Crippen LogP contribution in [-0.4, -0.2) is 33.7 Å². The number of carbonyl (C=O) groups is 1. The van der Waals surface area contributed by atoms with Crippen molar-refractivity contribution in [1.82, 2.24) is 4.72 Å². The normalized spacial score (nSPS) is 11.2. The monoisotopic (exact) mass is 341 g/mol. The minimum atomic E-state index is -3.82. The highest BCUT2D eigenvalue weighted by Crippen LogP contribution is 2.29. The van der Waals surface area contributed by atoms with Crippen molar-refractivity contribution in [3.8, 4) is 11.5 Å². The predicted molar refractivity (Wildman–Crippen MR) is 79.2 cm³/mol. The maximum atomic E-state index is 12.2. The molecule has 2 aromatic rings. The highest BCUT2D eigenvalue weighted by Gasteiger charge is 2.18. The maximum Gasteiger partial charge on any atom is 0.371 e. The molecule has 2 rings (SSSR count). The lowest BCUT2D eigenvalue weighted by Gasteiger charge is -2.10. The Hall–Kier alpha value is -2.52. The first-order chi connectivity index (χ1) is 10.9. The quantitative estimate of drug-likeness (QED) is 0.783. The highest BCUT2D eigenvalue weighted by molar-refractivity contribution is 7.89. The predicted octanol–water partition coefficient (Wildman–Crippen LogP) is 1.47. The van der Waals surface area contributed by atoms with Gasteiger partial charge in [-0.15, -0.1) is 0 Å². The zero-order valence-corrected chi connectivity index (χ0v) is 13.2. The lowest BCUT2D eigenvalue weighted by molar-refractivity contribution is 0.0660. The number of aromatic carboxylic acids is 1. The van der Waals surface area contributed by atoms with E-state index < -0.39 is 16.0 Å². The van der Waals surface area contributed by atoms with Crippen molar-refractivity contribution in [1.29, 1.82) is 0 Å². The molecule has 0 fully saturated rings. The van der Waals surface area contributed by atoms with Gasteiger partial charge in [0.2, 0.25) is 15.8 Å². The van der Waals surface area contributed by atoms with Gasteiger partial charge in [0, 0.05) is 6.07 Å². The Morgan fingerprint density at radius 1 is 1.17 bits per heavy atom. The molecule has 0 atom stereocenters. The summed E-state index contributed by atoms with van der Waals surface area (Å²) in [6.45, 7) is -0.177. The molecular weight excluding hydrogens is 326 g/mol. The van der Waals surface area contributed by atoms with Crippen LogP contribution in [0.25, 0.3) is 0 Å². The van der Waals surface area contributed by atoms with Gasteiger partial charge in [0.05, 0.1) is 25.7 Å². The van der Waals surface area contributed by atoms with E-state index in [1.807, 2.05) is 0 Å². The molecule has 0 spiro atoms. The van der Waals surface area contributed by atoms with Crippen LogP contribution in [0.1, 0.15) is 16.3 Å². The zero-order chi connectivity index (χ0) is 17.0. The summed E-state index contributed by atoms with van der Waals surface area (Å²) in [5, 5.41) is 8.75. The van der Waals surface area contributed by atoms with Gasteiger partial charge in [-0.25, -0.2) is 17.9 Å². The van der Waals surface area contributed by atoms with Crippen LogP contribution in [0.2, 0.25) is 0 Å². The molecule has 0 bridgehead atoms. The molecular formula is C14H15NO7S. The van der Waals surface area contributed by atoms with Crippen LogP contribution in [0.15, 0.2) is 39.6 Å². The number of furan rings is 1. The second-order valence-electron chi connectivity index (χ2n) is 4.41. The van der Waals surface area contributed by atoms with Gasteiger partial charge < -0.3 is 19.0 Å². The molecule has 1 heterocycles. The molecule has 8 nitrogen and oxygen atoms in total. The smallest absolute Gasteiger partial charge is 0.371 e. The molecule has 1 aromatic carbocycles. The largest absolute Gasteiger partial charge is 0.493 e. The number of carboxylic acids is 1. The Bertz CT molecular complexity index is 810. The number of hydrogen-bond donors (Lipinski definition) is 2. The fourth-order valence-electron chi connectivity index (χ4n) is 1.82. The van der Waals surface area contributed by atoms with E-state index in [0.717, 1.165) is 0 Å². The number of carboxylic acid groups (broad SMARTS) is 1. The molecule has 0 aliphatic heterocycles. The van der Waals surface area contributed by atoms with Crippen LogP contribution in [0.4, 0.5) is 0 Å². The van der Waals surface area contributed by atoms with E-state index in [1.54, 1.807) is 0 Å². The number of nitrogens with one attached hydrogen (secondary N) is 1. The number of hydrogen-bond acceptors (Lipinski definition) is 6. The van der Waals surface area contributed by atoms with Gasteiger partial charge in [0.25, 0.3) is 0 Å².